The molecule has 1 aromatic carbocycles. The molecular formula is C12H14ClN3. The molecule has 0 radical (unpaired) electrons. The number of halogens is 1. The Hall–Kier alpha value is -1.32. The molecule has 2 aromatic rings. The Labute approximate surface area is 99.6 Å². The van der Waals surface area contributed by atoms with Crippen molar-refractivity contribution in [2.24, 2.45) is 5.73 Å². The number of hydrogen-bond donors (Lipinski definition) is 2. The number of anilines is 1. The van der Waals surface area contributed by atoms with Gasteiger partial charge in [-0.25, -0.2) is 4.98 Å². The summed E-state index contributed by atoms with van der Waals surface area (Å²) < 4.78 is 0. The van der Waals surface area contributed by atoms with Gasteiger partial charge in [-0.05, 0) is 37.3 Å². The van der Waals surface area contributed by atoms with Gasteiger partial charge in [-0.1, -0.05) is 11.6 Å². The molecule has 1 aromatic heterocycles. The van der Waals surface area contributed by atoms with Crippen LogP contribution in [0.25, 0.3) is 10.9 Å². The molecule has 0 spiro atoms. The predicted octanol–water partition coefficient (Wildman–Crippen LogP) is 2.65. The van der Waals surface area contributed by atoms with Gasteiger partial charge in [-0.2, -0.15) is 0 Å². The van der Waals surface area contributed by atoms with E-state index in [0.717, 1.165) is 21.7 Å². The molecule has 0 bridgehead atoms. The van der Waals surface area contributed by atoms with Crippen LogP contribution in [0.4, 0.5) is 5.82 Å². The van der Waals surface area contributed by atoms with Crippen LogP contribution in [0.5, 0.6) is 0 Å². The minimum absolute atomic E-state index is 0.220. The molecule has 3 N–H and O–H groups in total. The highest BCUT2D eigenvalue weighted by atomic mass is 35.5. The molecule has 1 unspecified atom stereocenters. The second-order valence-corrected chi connectivity index (χ2v) is 4.25. The molecule has 0 fully saturated rings. The minimum Gasteiger partial charge on any atom is -0.366 e. The fourth-order valence-electron chi connectivity index (χ4n) is 1.49. The van der Waals surface area contributed by atoms with Crippen LogP contribution in [-0.2, 0) is 0 Å². The normalized spacial score (nSPS) is 12.7. The molecule has 84 valence electrons. The van der Waals surface area contributed by atoms with Gasteiger partial charge in [-0.15, -0.1) is 0 Å². The molecule has 3 nitrogen and oxygen atoms in total. The van der Waals surface area contributed by atoms with Crippen molar-refractivity contribution in [3.63, 3.8) is 0 Å². The zero-order chi connectivity index (χ0) is 11.5. The molecule has 2 rings (SSSR count). The van der Waals surface area contributed by atoms with Crippen molar-refractivity contribution in [2.75, 3.05) is 11.9 Å². The smallest absolute Gasteiger partial charge is 0.126 e. The number of nitrogens with zero attached hydrogens (tertiary/aromatic N) is 1. The van der Waals surface area contributed by atoms with Crippen molar-refractivity contribution in [1.29, 1.82) is 0 Å². The van der Waals surface area contributed by atoms with E-state index in [1.165, 1.54) is 0 Å². The Morgan fingerprint density at radius 3 is 2.94 bits per heavy atom. The van der Waals surface area contributed by atoms with E-state index in [9.17, 15) is 0 Å². The lowest BCUT2D eigenvalue weighted by Crippen LogP contribution is -2.25. The summed E-state index contributed by atoms with van der Waals surface area (Å²) in [5.41, 5.74) is 6.47. The van der Waals surface area contributed by atoms with Gasteiger partial charge in [0.25, 0.3) is 0 Å². The van der Waals surface area contributed by atoms with E-state index in [1.54, 1.807) is 0 Å². The van der Waals surface area contributed by atoms with E-state index < -0.39 is 0 Å². The summed E-state index contributed by atoms with van der Waals surface area (Å²) in [6, 6.07) is 9.81. The summed E-state index contributed by atoms with van der Waals surface area (Å²) in [5.74, 6) is 0.841. The van der Waals surface area contributed by atoms with Crippen LogP contribution in [0.2, 0.25) is 5.02 Å². The van der Waals surface area contributed by atoms with Crippen molar-refractivity contribution in [3.8, 4) is 0 Å². The van der Waals surface area contributed by atoms with Crippen LogP contribution >= 0.6 is 11.6 Å². The average molecular weight is 236 g/mol. The van der Waals surface area contributed by atoms with Crippen molar-refractivity contribution >= 4 is 28.3 Å². The molecule has 0 aliphatic heterocycles. The Morgan fingerprint density at radius 2 is 2.19 bits per heavy atom. The first-order valence-electron chi connectivity index (χ1n) is 5.22. The Kier molecular flexibility index (Phi) is 3.27. The van der Waals surface area contributed by atoms with E-state index in [-0.39, 0.29) is 6.04 Å². The van der Waals surface area contributed by atoms with Gasteiger partial charge in [0.1, 0.15) is 5.82 Å². The number of pyridine rings is 1. The third-order valence-corrected chi connectivity index (χ3v) is 2.63. The quantitative estimate of drug-likeness (QED) is 0.860. The summed E-state index contributed by atoms with van der Waals surface area (Å²) in [4.78, 5) is 4.48. The van der Waals surface area contributed by atoms with Gasteiger partial charge in [0.2, 0.25) is 0 Å². The lowest BCUT2D eigenvalue weighted by atomic mass is 10.2. The summed E-state index contributed by atoms with van der Waals surface area (Å²) in [5, 5.41) is 5.00. The van der Waals surface area contributed by atoms with E-state index in [0.29, 0.717) is 6.54 Å². The van der Waals surface area contributed by atoms with Gasteiger partial charge in [0.05, 0.1) is 5.52 Å². The summed E-state index contributed by atoms with van der Waals surface area (Å²) in [6.07, 6.45) is 0. The highest BCUT2D eigenvalue weighted by Crippen LogP contribution is 2.19. The first-order chi connectivity index (χ1) is 7.69. The van der Waals surface area contributed by atoms with Gasteiger partial charge >= 0.3 is 0 Å². The molecule has 0 saturated heterocycles. The topological polar surface area (TPSA) is 50.9 Å². The number of nitrogens with one attached hydrogen (secondary N) is 1. The highest BCUT2D eigenvalue weighted by Gasteiger charge is 2.02. The fourth-order valence-corrected chi connectivity index (χ4v) is 1.67. The van der Waals surface area contributed by atoms with Gasteiger partial charge in [0, 0.05) is 23.0 Å². The van der Waals surface area contributed by atoms with Crippen LogP contribution in [0.3, 0.4) is 0 Å². The third-order valence-electron chi connectivity index (χ3n) is 2.40. The van der Waals surface area contributed by atoms with Gasteiger partial charge in [-0.3, -0.25) is 0 Å². The SMILES string of the molecule is CC(CN)Nc1ccc2cc(Cl)ccc2n1. The van der Waals surface area contributed by atoms with Crippen molar-refractivity contribution < 1.29 is 0 Å². The fraction of sp³-hybridized carbons (Fsp3) is 0.250. The zero-order valence-corrected chi connectivity index (χ0v) is 9.83. The molecule has 0 amide bonds. The lowest BCUT2D eigenvalue weighted by Gasteiger charge is -2.12. The third kappa shape index (κ3) is 2.43. The number of rotatable bonds is 3. The lowest BCUT2D eigenvalue weighted by molar-refractivity contribution is 0.799. The Balaban J connectivity index is 2.33. The Morgan fingerprint density at radius 1 is 1.38 bits per heavy atom. The number of benzene rings is 1. The first-order valence-corrected chi connectivity index (χ1v) is 5.60. The number of hydrogen-bond acceptors (Lipinski definition) is 3. The van der Waals surface area contributed by atoms with E-state index in [2.05, 4.69) is 10.3 Å². The first kappa shape index (κ1) is 11.2. The van der Waals surface area contributed by atoms with Crippen molar-refractivity contribution in [2.45, 2.75) is 13.0 Å². The molecule has 1 heterocycles. The standard InChI is InChI=1S/C12H14ClN3/c1-8(7-14)15-12-5-2-9-6-10(13)3-4-11(9)16-12/h2-6,8H,7,14H2,1H3,(H,15,16). The summed E-state index contributed by atoms with van der Waals surface area (Å²) in [6.45, 7) is 2.61. The predicted molar refractivity (Wildman–Crippen MR) is 68.9 cm³/mol. The van der Waals surface area contributed by atoms with Crippen LogP contribution in [0.1, 0.15) is 6.92 Å². The minimum atomic E-state index is 0.220. The second-order valence-electron chi connectivity index (χ2n) is 3.81. The van der Waals surface area contributed by atoms with Crippen LogP contribution in [-0.4, -0.2) is 17.6 Å². The molecule has 16 heavy (non-hydrogen) atoms. The molecule has 0 saturated carbocycles. The zero-order valence-electron chi connectivity index (χ0n) is 9.07. The largest absolute Gasteiger partial charge is 0.366 e. The second kappa shape index (κ2) is 4.68. The maximum atomic E-state index is 5.91. The number of aromatic nitrogens is 1. The summed E-state index contributed by atoms with van der Waals surface area (Å²) >= 11 is 5.91. The van der Waals surface area contributed by atoms with Gasteiger partial charge in [0.15, 0.2) is 0 Å². The molecule has 1 atom stereocenters. The van der Waals surface area contributed by atoms with Crippen molar-refractivity contribution in [1.82, 2.24) is 4.98 Å². The number of nitrogens with two attached hydrogens (primary N) is 1. The van der Waals surface area contributed by atoms with Gasteiger partial charge < -0.3 is 11.1 Å². The molecule has 0 aliphatic rings. The molecule has 4 heteroatoms. The van der Waals surface area contributed by atoms with Crippen LogP contribution in [0, 0.1) is 0 Å². The monoisotopic (exact) mass is 235 g/mol. The summed E-state index contributed by atoms with van der Waals surface area (Å²) in [7, 11) is 0. The van der Waals surface area contributed by atoms with Crippen LogP contribution < -0.4 is 11.1 Å². The maximum absolute atomic E-state index is 5.91. The highest BCUT2D eigenvalue weighted by molar-refractivity contribution is 6.31. The molecular weight excluding hydrogens is 222 g/mol. The van der Waals surface area contributed by atoms with Crippen molar-refractivity contribution in [3.05, 3.63) is 35.4 Å². The average Bonchev–Trinajstić information content (AvgIpc) is 2.29. The maximum Gasteiger partial charge on any atom is 0.126 e. The van der Waals surface area contributed by atoms with E-state index in [4.69, 9.17) is 17.3 Å². The molecule has 0 aliphatic carbocycles. The number of fused-ring (bicyclic) bond motifs is 1. The van der Waals surface area contributed by atoms with E-state index >= 15 is 0 Å². The van der Waals surface area contributed by atoms with E-state index in [1.807, 2.05) is 37.3 Å². The Bertz CT molecular complexity index is 499. The van der Waals surface area contributed by atoms with Crippen LogP contribution in [0.15, 0.2) is 30.3 Å².